The van der Waals surface area contributed by atoms with Crippen LogP contribution < -0.4 is 11.1 Å². The number of nitrogen functional groups attached to an aromatic ring is 1. The molecule has 1 aromatic rings. The second-order valence-corrected chi connectivity index (χ2v) is 3.89. The summed E-state index contributed by atoms with van der Waals surface area (Å²) in [5, 5.41) is 6.67. The summed E-state index contributed by atoms with van der Waals surface area (Å²) in [5.41, 5.74) is 6.97. The van der Waals surface area contributed by atoms with Crippen LogP contribution in [0.4, 0.5) is 14.5 Å². The van der Waals surface area contributed by atoms with Gasteiger partial charge in [-0.2, -0.15) is 5.10 Å². The molecule has 0 unspecified atom stereocenters. The molecule has 0 bridgehead atoms. The van der Waals surface area contributed by atoms with Crippen LogP contribution in [0.15, 0.2) is 0 Å². The SMILES string of the molecule is CCn1nc(C)c(N)c1C(=O)NCCOCC(F)F. The molecule has 1 heterocycles. The molecule has 6 nitrogen and oxygen atoms in total. The van der Waals surface area contributed by atoms with Crippen LogP contribution in [0.25, 0.3) is 0 Å². The number of aromatic nitrogens is 2. The Morgan fingerprint density at radius 2 is 2.26 bits per heavy atom. The molecule has 3 N–H and O–H groups in total. The lowest BCUT2D eigenvalue weighted by molar-refractivity contribution is 0.0188. The summed E-state index contributed by atoms with van der Waals surface area (Å²) in [6, 6.07) is 0. The van der Waals surface area contributed by atoms with Crippen LogP contribution in [0.3, 0.4) is 0 Å². The monoisotopic (exact) mass is 276 g/mol. The van der Waals surface area contributed by atoms with Crippen molar-refractivity contribution in [3.05, 3.63) is 11.4 Å². The summed E-state index contributed by atoms with van der Waals surface area (Å²) in [7, 11) is 0. The third-order valence-electron chi connectivity index (χ3n) is 2.46. The lowest BCUT2D eigenvalue weighted by atomic mass is 10.3. The maximum atomic E-state index is 11.9. The normalized spacial score (nSPS) is 11.0. The fourth-order valence-electron chi connectivity index (χ4n) is 1.56. The first-order valence-electron chi connectivity index (χ1n) is 5.94. The molecule has 0 aliphatic heterocycles. The molecule has 0 radical (unpaired) electrons. The molecule has 108 valence electrons. The molecule has 0 aromatic carbocycles. The van der Waals surface area contributed by atoms with Crippen LogP contribution in [0.1, 0.15) is 23.1 Å². The van der Waals surface area contributed by atoms with Gasteiger partial charge in [-0.15, -0.1) is 0 Å². The molecule has 0 saturated carbocycles. The zero-order valence-electron chi connectivity index (χ0n) is 10.9. The lowest BCUT2D eigenvalue weighted by Gasteiger charge is -2.08. The van der Waals surface area contributed by atoms with Gasteiger partial charge in [0.1, 0.15) is 12.3 Å². The van der Waals surface area contributed by atoms with Gasteiger partial charge in [-0.25, -0.2) is 8.78 Å². The predicted molar refractivity (Wildman–Crippen MR) is 66.2 cm³/mol. The number of nitrogens with zero attached hydrogens (tertiary/aromatic N) is 2. The van der Waals surface area contributed by atoms with E-state index in [0.29, 0.717) is 17.9 Å². The second-order valence-electron chi connectivity index (χ2n) is 3.89. The summed E-state index contributed by atoms with van der Waals surface area (Å²) in [6.07, 6.45) is -2.50. The van der Waals surface area contributed by atoms with E-state index in [4.69, 9.17) is 5.73 Å². The van der Waals surface area contributed by atoms with Crippen molar-refractivity contribution in [1.82, 2.24) is 15.1 Å². The molecule has 0 fully saturated rings. The minimum atomic E-state index is -2.50. The number of carbonyl (C=O) groups excluding carboxylic acids is 1. The zero-order chi connectivity index (χ0) is 14.4. The Hall–Kier alpha value is -1.70. The van der Waals surface area contributed by atoms with E-state index in [1.807, 2.05) is 6.92 Å². The maximum Gasteiger partial charge on any atom is 0.271 e. The van der Waals surface area contributed by atoms with Crippen molar-refractivity contribution < 1.29 is 18.3 Å². The van der Waals surface area contributed by atoms with Gasteiger partial charge >= 0.3 is 0 Å². The van der Waals surface area contributed by atoms with Gasteiger partial charge < -0.3 is 15.8 Å². The van der Waals surface area contributed by atoms with E-state index in [-0.39, 0.29) is 24.8 Å². The Kier molecular flexibility index (Phi) is 5.68. The number of carbonyl (C=O) groups is 1. The average molecular weight is 276 g/mol. The van der Waals surface area contributed by atoms with Crippen molar-refractivity contribution in [3.63, 3.8) is 0 Å². The van der Waals surface area contributed by atoms with Gasteiger partial charge in [0.25, 0.3) is 12.3 Å². The third-order valence-corrected chi connectivity index (χ3v) is 2.46. The summed E-state index contributed by atoms with van der Waals surface area (Å²) < 4.78 is 29.8. The molecule has 1 rings (SSSR count). The van der Waals surface area contributed by atoms with E-state index >= 15 is 0 Å². The van der Waals surface area contributed by atoms with Crippen molar-refractivity contribution in [1.29, 1.82) is 0 Å². The molecule has 1 aromatic heterocycles. The first kappa shape index (κ1) is 15.4. The van der Waals surface area contributed by atoms with E-state index in [9.17, 15) is 13.6 Å². The highest BCUT2D eigenvalue weighted by Gasteiger charge is 2.18. The molecule has 1 amide bonds. The van der Waals surface area contributed by atoms with Gasteiger partial charge in [0.05, 0.1) is 18.0 Å². The second kappa shape index (κ2) is 7.03. The van der Waals surface area contributed by atoms with Crippen molar-refractivity contribution in [2.24, 2.45) is 0 Å². The van der Waals surface area contributed by atoms with E-state index in [1.54, 1.807) is 6.92 Å². The van der Waals surface area contributed by atoms with Crippen LogP contribution in [0, 0.1) is 6.92 Å². The van der Waals surface area contributed by atoms with Crippen LogP contribution in [-0.2, 0) is 11.3 Å². The number of nitrogens with one attached hydrogen (secondary N) is 1. The number of halogens is 2. The Labute approximate surface area is 109 Å². The fraction of sp³-hybridized carbons (Fsp3) is 0.636. The molecule has 0 aliphatic carbocycles. The van der Waals surface area contributed by atoms with Crippen LogP contribution in [-0.4, -0.2) is 41.9 Å². The lowest BCUT2D eigenvalue weighted by Crippen LogP contribution is -2.30. The molecule has 0 spiro atoms. The van der Waals surface area contributed by atoms with Crippen molar-refractivity contribution in [2.45, 2.75) is 26.8 Å². The van der Waals surface area contributed by atoms with Gasteiger partial charge in [0.15, 0.2) is 0 Å². The number of amides is 1. The van der Waals surface area contributed by atoms with E-state index in [1.165, 1.54) is 4.68 Å². The smallest absolute Gasteiger partial charge is 0.271 e. The summed E-state index contributed by atoms with van der Waals surface area (Å²) in [4.78, 5) is 11.9. The summed E-state index contributed by atoms with van der Waals surface area (Å²) in [5.74, 6) is -0.388. The van der Waals surface area contributed by atoms with Crippen molar-refractivity contribution >= 4 is 11.6 Å². The number of aryl methyl sites for hydroxylation is 2. The first-order valence-corrected chi connectivity index (χ1v) is 5.94. The van der Waals surface area contributed by atoms with Gasteiger partial charge in [0.2, 0.25) is 0 Å². The number of ether oxygens (including phenoxy) is 1. The van der Waals surface area contributed by atoms with Crippen LogP contribution in [0.2, 0.25) is 0 Å². The third kappa shape index (κ3) is 4.16. The molecular formula is C11H18F2N4O2. The Balaban J connectivity index is 2.50. The van der Waals surface area contributed by atoms with E-state index in [0.717, 1.165) is 0 Å². The highest BCUT2D eigenvalue weighted by atomic mass is 19.3. The number of alkyl halides is 2. The fourth-order valence-corrected chi connectivity index (χ4v) is 1.56. The predicted octanol–water partition coefficient (Wildman–Crippen LogP) is 0.805. The first-order chi connectivity index (χ1) is 8.97. The Bertz CT molecular complexity index is 435. The largest absolute Gasteiger partial charge is 0.395 e. The number of hydrogen-bond donors (Lipinski definition) is 2. The molecule has 19 heavy (non-hydrogen) atoms. The standard InChI is InChI=1S/C11H18F2N4O2/c1-3-17-10(9(14)7(2)16-17)11(18)15-4-5-19-6-8(12)13/h8H,3-6,14H2,1-2H3,(H,15,18). The van der Waals surface area contributed by atoms with Crippen molar-refractivity contribution in [2.75, 3.05) is 25.5 Å². The molecular weight excluding hydrogens is 258 g/mol. The van der Waals surface area contributed by atoms with Gasteiger partial charge in [-0.1, -0.05) is 0 Å². The highest BCUT2D eigenvalue weighted by molar-refractivity contribution is 5.97. The van der Waals surface area contributed by atoms with E-state index < -0.39 is 13.0 Å². The maximum absolute atomic E-state index is 11.9. The average Bonchev–Trinajstić information content (AvgIpc) is 2.64. The highest BCUT2D eigenvalue weighted by Crippen LogP contribution is 2.15. The Morgan fingerprint density at radius 3 is 2.84 bits per heavy atom. The molecule has 0 atom stereocenters. The number of anilines is 1. The van der Waals surface area contributed by atoms with Gasteiger partial charge in [0, 0.05) is 13.1 Å². The Morgan fingerprint density at radius 1 is 1.58 bits per heavy atom. The minimum Gasteiger partial charge on any atom is -0.395 e. The molecule has 8 heteroatoms. The van der Waals surface area contributed by atoms with Gasteiger partial charge in [-0.3, -0.25) is 9.48 Å². The van der Waals surface area contributed by atoms with Crippen LogP contribution >= 0.6 is 0 Å². The van der Waals surface area contributed by atoms with Gasteiger partial charge in [-0.05, 0) is 13.8 Å². The van der Waals surface area contributed by atoms with Crippen molar-refractivity contribution in [3.8, 4) is 0 Å². The number of nitrogens with two attached hydrogens (primary N) is 1. The number of hydrogen-bond acceptors (Lipinski definition) is 4. The van der Waals surface area contributed by atoms with Crippen LogP contribution in [0.5, 0.6) is 0 Å². The molecule has 0 aliphatic rings. The molecule has 0 saturated heterocycles. The summed E-state index contributed by atoms with van der Waals surface area (Å²) >= 11 is 0. The number of rotatable bonds is 7. The topological polar surface area (TPSA) is 82.2 Å². The minimum absolute atomic E-state index is 0.0230. The quantitative estimate of drug-likeness (QED) is 0.722. The zero-order valence-corrected chi connectivity index (χ0v) is 10.9. The van der Waals surface area contributed by atoms with E-state index in [2.05, 4.69) is 15.2 Å². The summed E-state index contributed by atoms with van der Waals surface area (Å²) in [6.45, 7) is 3.60.